The lowest BCUT2D eigenvalue weighted by atomic mass is 9.80. The second kappa shape index (κ2) is 8.44. The number of hydrogen-bond acceptors (Lipinski definition) is 6. The predicted molar refractivity (Wildman–Crippen MR) is 123 cm³/mol. The number of carbonyl (C=O) groups is 2. The van der Waals surface area contributed by atoms with Gasteiger partial charge in [0, 0.05) is 22.9 Å². The van der Waals surface area contributed by atoms with Crippen LogP contribution in [0.3, 0.4) is 0 Å². The van der Waals surface area contributed by atoms with Gasteiger partial charge < -0.3 is 29.1 Å². The number of alkyl carbamates (subject to hydrolysis) is 1. The molecule has 0 saturated carbocycles. The lowest BCUT2D eigenvalue weighted by Gasteiger charge is -2.32. The Morgan fingerprint density at radius 3 is 2.28 bits per heavy atom. The molecular weight excluding hydrogens is 411 g/mol. The Morgan fingerprint density at radius 2 is 1.72 bits per heavy atom. The van der Waals surface area contributed by atoms with E-state index in [2.05, 4.69) is 10.3 Å². The predicted octanol–water partition coefficient (Wildman–Crippen LogP) is 3.08. The van der Waals surface area contributed by atoms with Gasteiger partial charge in [-0.1, -0.05) is 18.2 Å². The van der Waals surface area contributed by atoms with E-state index in [-0.39, 0.29) is 6.42 Å². The maximum Gasteiger partial charge on any atom is 0.512 e. The minimum Gasteiger partial charge on any atom is -0.467 e. The fraction of sp³-hybridized carbons (Fsp3) is 0.565. The van der Waals surface area contributed by atoms with Crippen LogP contribution in [0.1, 0.15) is 54.0 Å². The van der Waals surface area contributed by atoms with Crippen LogP contribution in [0.15, 0.2) is 24.3 Å². The first-order valence-electron chi connectivity index (χ1n) is 10.8. The maximum absolute atomic E-state index is 12.5. The summed E-state index contributed by atoms with van der Waals surface area (Å²) in [5.74, 6) is -0.569. The highest BCUT2D eigenvalue weighted by molar-refractivity contribution is 6.62. The molecule has 1 aliphatic heterocycles. The van der Waals surface area contributed by atoms with Crippen molar-refractivity contribution in [2.75, 3.05) is 7.11 Å². The van der Waals surface area contributed by atoms with Crippen LogP contribution in [0.4, 0.5) is 4.79 Å². The molecule has 0 bridgehead atoms. The highest BCUT2D eigenvalue weighted by Crippen LogP contribution is 2.37. The molecule has 2 N–H and O–H groups in total. The Kier molecular flexibility index (Phi) is 6.37. The van der Waals surface area contributed by atoms with Gasteiger partial charge >= 0.3 is 19.2 Å². The Morgan fingerprint density at radius 1 is 1.12 bits per heavy atom. The number of nitrogens with one attached hydrogen (secondary N) is 2. The zero-order valence-corrected chi connectivity index (χ0v) is 20.1. The van der Waals surface area contributed by atoms with Gasteiger partial charge in [0.1, 0.15) is 11.6 Å². The van der Waals surface area contributed by atoms with E-state index < -0.39 is 42.0 Å². The van der Waals surface area contributed by atoms with E-state index in [0.717, 1.165) is 16.5 Å². The van der Waals surface area contributed by atoms with E-state index in [4.69, 9.17) is 18.8 Å². The summed E-state index contributed by atoms with van der Waals surface area (Å²) in [6.07, 6.45) is -0.514. The van der Waals surface area contributed by atoms with Crippen molar-refractivity contribution in [1.82, 2.24) is 10.3 Å². The Bertz CT molecular complexity index is 992. The Hall–Kier alpha value is -2.52. The van der Waals surface area contributed by atoms with Crippen molar-refractivity contribution in [3.05, 3.63) is 29.8 Å². The van der Waals surface area contributed by atoms with Crippen LogP contribution in [0.25, 0.3) is 10.9 Å². The molecule has 0 unspecified atom stereocenters. The number of fused-ring (bicyclic) bond motifs is 1. The second-order valence-electron chi connectivity index (χ2n) is 10.1. The number of para-hydroxylation sites is 1. The average Bonchev–Trinajstić information content (AvgIpc) is 3.13. The number of methoxy groups -OCH3 is 1. The molecule has 1 aromatic heterocycles. The molecule has 2 heterocycles. The van der Waals surface area contributed by atoms with Crippen molar-refractivity contribution >= 4 is 35.7 Å². The summed E-state index contributed by atoms with van der Waals surface area (Å²) in [6.45, 7) is 13.2. The zero-order valence-electron chi connectivity index (χ0n) is 20.1. The van der Waals surface area contributed by atoms with E-state index in [1.807, 2.05) is 52.0 Å². The molecule has 1 saturated heterocycles. The van der Waals surface area contributed by atoms with Crippen molar-refractivity contribution in [1.29, 1.82) is 0 Å². The third-order valence-corrected chi connectivity index (χ3v) is 5.92. The average molecular weight is 444 g/mol. The molecule has 1 aromatic carbocycles. The summed E-state index contributed by atoms with van der Waals surface area (Å²) in [7, 11) is 0.637. The number of amides is 1. The van der Waals surface area contributed by atoms with Crippen LogP contribution in [0, 0.1) is 0 Å². The molecular formula is C23H33BN2O6. The van der Waals surface area contributed by atoms with Crippen LogP contribution in [0.2, 0.25) is 0 Å². The molecule has 0 radical (unpaired) electrons. The van der Waals surface area contributed by atoms with Crippen molar-refractivity contribution in [3.8, 4) is 0 Å². The van der Waals surface area contributed by atoms with Crippen LogP contribution in [0.5, 0.6) is 0 Å². The number of rotatable bonds is 5. The van der Waals surface area contributed by atoms with Crippen molar-refractivity contribution < 1.29 is 28.4 Å². The monoisotopic (exact) mass is 444 g/mol. The number of hydrogen-bond donors (Lipinski definition) is 2. The first-order valence-corrected chi connectivity index (χ1v) is 10.8. The molecule has 32 heavy (non-hydrogen) atoms. The molecule has 1 fully saturated rings. The number of aromatic nitrogens is 1. The molecule has 174 valence electrons. The number of aromatic amines is 1. The molecule has 0 aliphatic carbocycles. The van der Waals surface area contributed by atoms with Gasteiger partial charge in [0.2, 0.25) is 0 Å². The second-order valence-corrected chi connectivity index (χ2v) is 10.1. The minimum atomic E-state index is -0.949. The molecule has 3 rings (SSSR count). The van der Waals surface area contributed by atoms with Gasteiger partial charge in [-0.2, -0.15) is 0 Å². The van der Waals surface area contributed by atoms with Crippen LogP contribution in [-0.2, 0) is 30.0 Å². The fourth-order valence-corrected chi connectivity index (χ4v) is 3.59. The Labute approximate surface area is 189 Å². The van der Waals surface area contributed by atoms with Crippen LogP contribution < -0.4 is 10.9 Å². The third kappa shape index (κ3) is 4.94. The molecule has 1 aliphatic rings. The SMILES string of the molecule is COC(=O)[C@H](Cc1c(B2OC(C)(C)C(C)(C)O2)[nH]c2ccccc12)NC(=O)OC(C)(C)C. The number of ether oxygens (including phenoxy) is 2. The van der Waals surface area contributed by atoms with Crippen LogP contribution in [-0.4, -0.2) is 54.1 Å². The van der Waals surface area contributed by atoms with Gasteiger partial charge in [0.25, 0.3) is 0 Å². The summed E-state index contributed by atoms with van der Waals surface area (Å²) >= 11 is 0. The molecule has 1 amide bonds. The molecule has 9 heteroatoms. The van der Waals surface area contributed by atoms with Gasteiger partial charge in [-0.15, -0.1) is 0 Å². The fourth-order valence-electron chi connectivity index (χ4n) is 3.59. The Balaban J connectivity index is 1.98. The number of carbonyl (C=O) groups excluding carboxylic acids is 2. The van der Waals surface area contributed by atoms with Gasteiger partial charge in [-0.3, -0.25) is 0 Å². The normalized spacial score (nSPS) is 18.4. The maximum atomic E-state index is 12.5. The zero-order chi connectivity index (χ0) is 23.9. The van der Waals surface area contributed by atoms with E-state index in [1.165, 1.54) is 7.11 Å². The number of H-pyrrole nitrogens is 1. The molecule has 0 spiro atoms. The molecule has 1 atom stereocenters. The van der Waals surface area contributed by atoms with E-state index in [0.29, 0.717) is 5.59 Å². The highest BCUT2D eigenvalue weighted by Gasteiger charge is 2.53. The van der Waals surface area contributed by atoms with Gasteiger partial charge in [-0.05, 0) is 60.1 Å². The van der Waals surface area contributed by atoms with Crippen molar-refractivity contribution in [2.45, 2.75) is 77.7 Å². The first-order chi connectivity index (χ1) is 14.7. The molecule has 2 aromatic rings. The van der Waals surface area contributed by atoms with Gasteiger partial charge in [-0.25, -0.2) is 9.59 Å². The van der Waals surface area contributed by atoms with Crippen molar-refractivity contribution in [3.63, 3.8) is 0 Å². The summed E-state index contributed by atoms with van der Waals surface area (Å²) in [4.78, 5) is 28.3. The van der Waals surface area contributed by atoms with Gasteiger partial charge in [0.05, 0.1) is 18.3 Å². The standard InChI is InChI=1S/C23H33BN2O6/c1-21(2,3)30-20(28)26-17(19(27)29-8)13-15-14-11-9-10-12-16(14)25-18(15)24-31-22(4,5)23(6,7)32-24/h9-12,17,25H,13H2,1-8H3,(H,26,28)/t17-/m0/s1. The largest absolute Gasteiger partial charge is 0.512 e. The minimum absolute atomic E-state index is 0.176. The topological polar surface area (TPSA) is 98.9 Å². The summed E-state index contributed by atoms with van der Waals surface area (Å²) in [5.41, 5.74) is 0.661. The number of benzene rings is 1. The van der Waals surface area contributed by atoms with E-state index >= 15 is 0 Å². The first kappa shape index (κ1) is 24.1. The van der Waals surface area contributed by atoms with E-state index in [1.54, 1.807) is 20.8 Å². The van der Waals surface area contributed by atoms with E-state index in [9.17, 15) is 9.59 Å². The summed E-state index contributed by atoms with van der Waals surface area (Å²) < 4.78 is 22.8. The van der Waals surface area contributed by atoms with Gasteiger partial charge in [0.15, 0.2) is 0 Å². The quantitative estimate of drug-likeness (QED) is 0.543. The van der Waals surface area contributed by atoms with Crippen LogP contribution >= 0.6 is 0 Å². The number of esters is 1. The third-order valence-electron chi connectivity index (χ3n) is 5.92. The summed E-state index contributed by atoms with van der Waals surface area (Å²) in [5, 5.41) is 3.56. The van der Waals surface area contributed by atoms with Crippen molar-refractivity contribution in [2.24, 2.45) is 0 Å². The molecule has 8 nitrogen and oxygen atoms in total. The highest BCUT2D eigenvalue weighted by atomic mass is 16.7. The summed E-state index contributed by atoms with van der Waals surface area (Å²) in [6, 6.07) is 6.80. The lowest BCUT2D eigenvalue weighted by molar-refractivity contribution is -0.143. The lowest BCUT2D eigenvalue weighted by Crippen LogP contribution is -2.47. The smallest absolute Gasteiger partial charge is 0.467 e.